The molecular weight excluding hydrogens is 372 g/mol. The number of halogens is 1. The number of methoxy groups -OCH3 is 1. The normalized spacial score (nSPS) is 11.8. The molecule has 0 saturated heterocycles. The van der Waals surface area contributed by atoms with Crippen LogP contribution in [0.25, 0.3) is 0 Å². The molecule has 0 bridgehead atoms. The lowest BCUT2D eigenvalue weighted by Gasteiger charge is -2.09. The molecule has 0 aliphatic carbocycles. The highest BCUT2D eigenvalue weighted by atomic mass is 35.5. The second-order valence-corrected chi connectivity index (χ2v) is 7.36. The number of amides is 1. The number of carbonyl (C=O) groups is 1. The minimum atomic E-state index is -2.10. The maximum atomic E-state index is 12.3. The van der Waals surface area contributed by atoms with Crippen LogP contribution in [0.15, 0.2) is 24.3 Å². The zero-order valence-electron chi connectivity index (χ0n) is 13.1. The summed E-state index contributed by atoms with van der Waals surface area (Å²) in [6.45, 7) is 2.29. The predicted octanol–water partition coefficient (Wildman–Crippen LogP) is 3.24. The van der Waals surface area contributed by atoms with Gasteiger partial charge in [-0.2, -0.15) is 0 Å². The van der Waals surface area contributed by atoms with Crippen molar-refractivity contribution in [2.45, 2.75) is 13.3 Å². The van der Waals surface area contributed by atoms with Gasteiger partial charge in [0.2, 0.25) is 0 Å². The van der Waals surface area contributed by atoms with E-state index in [-0.39, 0.29) is 5.91 Å². The summed E-state index contributed by atoms with van der Waals surface area (Å²) in [5, 5.41) is 3.28. The summed E-state index contributed by atoms with van der Waals surface area (Å²) in [7, 11) is 1.49. The summed E-state index contributed by atoms with van der Waals surface area (Å²) in [6, 6.07) is 6.67. The molecule has 1 aromatic carbocycles. The summed E-state index contributed by atoms with van der Waals surface area (Å²) >= 11 is 5.34. The Morgan fingerprint density at radius 3 is 2.83 bits per heavy atom. The molecule has 24 heavy (non-hydrogen) atoms. The van der Waals surface area contributed by atoms with Gasteiger partial charge < -0.3 is 10.1 Å². The lowest BCUT2D eigenvalue weighted by molar-refractivity contribution is 0.0951. The summed E-state index contributed by atoms with van der Waals surface area (Å²) in [4.78, 5) is 14.2. The van der Waals surface area contributed by atoms with E-state index in [1.54, 1.807) is 24.3 Å². The third-order valence-corrected chi connectivity index (χ3v) is 4.97. The molecule has 2 rings (SSSR count). The van der Waals surface area contributed by atoms with Gasteiger partial charge in [-0.15, -0.1) is 11.3 Å². The first-order valence-electron chi connectivity index (χ1n) is 6.99. The number of hydrogen-bond acceptors (Lipinski definition) is 4. The number of rotatable bonds is 7. The van der Waals surface area contributed by atoms with Crippen molar-refractivity contribution in [3.05, 3.63) is 44.6 Å². The molecule has 0 radical (unpaired) electrons. The fraction of sp³-hybridized carbons (Fsp3) is 0.267. The number of ether oxygens (including phenoxy) is 1. The average Bonchev–Trinajstić information content (AvgIpc) is 2.86. The first-order valence-corrected chi connectivity index (χ1v) is 9.29. The third-order valence-electron chi connectivity index (χ3n) is 3.23. The van der Waals surface area contributed by atoms with Gasteiger partial charge in [-0.1, -0.05) is 11.6 Å². The van der Waals surface area contributed by atoms with Gasteiger partial charge in [0.15, 0.2) is 0 Å². The van der Waals surface area contributed by atoms with E-state index in [1.165, 1.54) is 18.4 Å². The van der Waals surface area contributed by atoms with Gasteiger partial charge in [-0.05, 0) is 37.6 Å². The highest BCUT2D eigenvalue weighted by Gasteiger charge is 2.13. The maximum absolute atomic E-state index is 12.3. The number of anilines is 1. The maximum Gasteiger partial charge on any atom is 0.259 e. The van der Waals surface area contributed by atoms with E-state index < -0.39 is 11.3 Å². The highest BCUT2D eigenvalue weighted by molar-refractivity contribution is 7.80. The highest BCUT2D eigenvalue weighted by Crippen LogP contribution is 2.27. The van der Waals surface area contributed by atoms with Crippen LogP contribution in [0.4, 0.5) is 5.69 Å². The molecule has 3 N–H and O–H groups in total. The van der Waals surface area contributed by atoms with Crippen LogP contribution in [-0.4, -0.2) is 28.3 Å². The smallest absolute Gasteiger partial charge is 0.259 e. The van der Waals surface area contributed by atoms with Crippen LogP contribution in [-0.2, 0) is 17.7 Å². The summed E-state index contributed by atoms with van der Waals surface area (Å²) < 4.78 is 27.3. The second kappa shape index (κ2) is 8.48. The molecule has 0 aliphatic heterocycles. The Morgan fingerprint density at radius 2 is 2.17 bits per heavy atom. The van der Waals surface area contributed by atoms with Crippen LogP contribution in [0.5, 0.6) is 5.75 Å². The Hall–Kier alpha value is -1.61. The van der Waals surface area contributed by atoms with Crippen molar-refractivity contribution in [1.29, 1.82) is 0 Å². The fourth-order valence-corrected chi connectivity index (χ4v) is 3.75. The molecule has 0 spiro atoms. The number of nitrogens with one attached hydrogen (secondary N) is 2. The minimum absolute atomic E-state index is 0.266. The first-order chi connectivity index (χ1) is 11.4. The van der Waals surface area contributed by atoms with Gasteiger partial charge in [0, 0.05) is 21.3 Å². The molecule has 0 saturated carbocycles. The van der Waals surface area contributed by atoms with Crippen LogP contribution >= 0.6 is 22.9 Å². The fourth-order valence-electron chi connectivity index (χ4n) is 2.11. The van der Waals surface area contributed by atoms with Crippen molar-refractivity contribution >= 4 is 45.8 Å². The second-order valence-electron chi connectivity index (χ2n) is 4.88. The van der Waals surface area contributed by atoms with Crippen molar-refractivity contribution < 1.29 is 18.3 Å². The number of thiophene rings is 1. The molecule has 1 unspecified atom stereocenters. The van der Waals surface area contributed by atoms with Gasteiger partial charge in [-0.25, -0.2) is 4.21 Å². The number of aryl methyl sites for hydroxylation is 1. The van der Waals surface area contributed by atoms with E-state index >= 15 is 0 Å². The summed E-state index contributed by atoms with van der Waals surface area (Å²) in [5.74, 6) is 0.193. The van der Waals surface area contributed by atoms with E-state index in [1.807, 2.05) is 6.92 Å². The van der Waals surface area contributed by atoms with Gasteiger partial charge in [0.05, 0.1) is 18.4 Å². The Morgan fingerprint density at radius 1 is 1.42 bits per heavy atom. The van der Waals surface area contributed by atoms with Crippen LogP contribution in [0.1, 0.15) is 20.1 Å². The Balaban J connectivity index is 1.96. The largest absolute Gasteiger partial charge is 0.496 e. The van der Waals surface area contributed by atoms with Crippen LogP contribution < -0.4 is 14.8 Å². The van der Waals surface area contributed by atoms with E-state index in [0.717, 1.165) is 9.75 Å². The van der Waals surface area contributed by atoms with Crippen LogP contribution in [0.3, 0.4) is 0 Å². The Bertz CT molecular complexity index is 764. The molecule has 1 heterocycles. The molecule has 1 aromatic heterocycles. The van der Waals surface area contributed by atoms with Crippen molar-refractivity contribution in [2.24, 2.45) is 0 Å². The van der Waals surface area contributed by atoms with E-state index in [2.05, 4.69) is 10.0 Å². The minimum Gasteiger partial charge on any atom is -0.496 e. The monoisotopic (exact) mass is 388 g/mol. The predicted molar refractivity (Wildman–Crippen MR) is 97.5 cm³/mol. The van der Waals surface area contributed by atoms with Gasteiger partial charge >= 0.3 is 0 Å². The molecule has 0 aliphatic rings. The van der Waals surface area contributed by atoms with Crippen molar-refractivity contribution in [1.82, 2.24) is 5.32 Å². The Labute approximate surface area is 151 Å². The molecule has 130 valence electrons. The lowest BCUT2D eigenvalue weighted by atomic mass is 10.2. The molecule has 1 amide bonds. The van der Waals surface area contributed by atoms with E-state index in [0.29, 0.717) is 35.0 Å². The third kappa shape index (κ3) is 4.94. The molecular formula is C15H17ClN2O4S2. The topological polar surface area (TPSA) is 87.7 Å². The summed E-state index contributed by atoms with van der Waals surface area (Å²) in [6.07, 6.45) is 0.611. The van der Waals surface area contributed by atoms with Crippen LogP contribution in [0, 0.1) is 6.92 Å². The summed E-state index contributed by atoms with van der Waals surface area (Å²) in [5.41, 5.74) is 1.00. The molecule has 9 heteroatoms. The zero-order chi connectivity index (χ0) is 17.7. The molecule has 2 aromatic rings. The van der Waals surface area contributed by atoms with E-state index in [4.69, 9.17) is 20.9 Å². The first kappa shape index (κ1) is 18.7. The molecule has 6 nitrogen and oxygen atoms in total. The molecule has 1 atom stereocenters. The quantitative estimate of drug-likeness (QED) is 0.635. The van der Waals surface area contributed by atoms with Crippen LogP contribution in [0.2, 0.25) is 5.02 Å². The zero-order valence-corrected chi connectivity index (χ0v) is 15.5. The Kier molecular flexibility index (Phi) is 6.61. The van der Waals surface area contributed by atoms with Gasteiger partial charge in [0.25, 0.3) is 17.2 Å². The van der Waals surface area contributed by atoms with Gasteiger partial charge in [-0.3, -0.25) is 14.1 Å². The van der Waals surface area contributed by atoms with Crippen molar-refractivity contribution in [3.63, 3.8) is 0 Å². The number of benzene rings is 1. The van der Waals surface area contributed by atoms with Gasteiger partial charge in [0.1, 0.15) is 5.75 Å². The SMILES string of the molecule is COc1ccc(Cl)cc1C(=O)NCCc1cc(NS(=O)O)c(C)s1. The molecule has 0 fully saturated rings. The van der Waals surface area contributed by atoms with E-state index in [9.17, 15) is 9.00 Å². The van der Waals surface area contributed by atoms with Crippen molar-refractivity contribution in [3.8, 4) is 5.75 Å². The standard InChI is InChI=1S/C15H17ClN2O4S2/c1-9-13(18-24(20)21)8-11(23-9)5-6-17-15(19)12-7-10(16)3-4-14(12)22-2/h3-4,7-8,18H,5-6H2,1-2H3,(H,17,19)(H,20,21). The average molecular weight is 389 g/mol. The number of hydrogen-bond donors (Lipinski definition) is 3. The lowest BCUT2D eigenvalue weighted by Crippen LogP contribution is -2.26. The van der Waals surface area contributed by atoms with Crippen molar-refractivity contribution in [2.75, 3.05) is 18.4 Å². The number of carbonyl (C=O) groups excluding carboxylic acids is 1.